The first kappa shape index (κ1) is 19.7. The van der Waals surface area contributed by atoms with Crippen molar-refractivity contribution in [3.63, 3.8) is 0 Å². The van der Waals surface area contributed by atoms with Crippen LogP contribution in [0.25, 0.3) is 11.4 Å². The largest absolute Gasteiger partial charge is 0.481 e. The van der Waals surface area contributed by atoms with Crippen LogP contribution in [0.5, 0.6) is 0 Å². The molecule has 0 saturated carbocycles. The highest BCUT2D eigenvalue weighted by molar-refractivity contribution is 5.75. The molecule has 28 heavy (non-hydrogen) atoms. The molecule has 0 amide bonds. The quantitative estimate of drug-likeness (QED) is 0.665. The molecule has 0 fully saturated rings. The molecule has 3 aromatic rings. The lowest BCUT2D eigenvalue weighted by Gasteiger charge is -2.24. The van der Waals surface area contributed by atoms with Crippen LogP contribution < -0.4 is 0 Å². The summed E-state index contributed by atoms with van der Waals surface area (Å²) in [4.78, 5) is 11.6. The van der Waals surface area contributed by atoms with Gasteiger partial charge in [-0.3, -0.25) is 4.79 Å². The van der Waals surface area contributed by atoms with E-state index in [4.69, 9.17) is 0 Å². The molecule has 0 bridgehead atoms. The number of benzene rings is 2. The Hall–Kier alpha value is -3.02. The van der Waals surface area contributed by atoms with Gasteiger partial charge in [0.25, 0.3) is 0 Å². The molecule has 1 aromatic heterocycles. The Balaban J connectivity index is 2.09. The van der Waals surface area contributed by atoms with Crippen molar-refractivity contribution in [2.75, 3.05) is 0 Å². The molecule has 0 spiro atoms. The van der Waals surface area contributed by atoms with Crippen LogP contribution in [0.3, 0.4) is 0 Å². The molecule has 6 nitrogen and oxygen atoms in total. The normalized spacial score (nSPS) is 12.9. The van der Waals surface area contributed by atoms with Gasteiger partial charge in [-0.25, -0.2) is 4.68 Å². The summed E-state index contributed by atoms with van der Waals surface area (Å²) in [6, 6.07) is 17.9. The first-order chi connectivity index (χ1) is 13.3. The van der Waals surface area contributed by atoms with Gasteiger partial charge in [0.05, 0.1) is 11.5 Å². The smallest absolute Gasteiger partial charge is 0.309 e. The topological polar surface area (TPSA) is 80.9 Å². The Labute approximate surface area is 165 Å². The van der Waals surface area contributed by atoms with Crippen molar-refractivity contribution >= 4 is 5.97 Å². The molecule has 0 radical (unpaired) electrons. The van der Waals surface area contributed by atoms with Gasteiger partial charge in [-0.15, -0.1) is 5.10 Å². The monoisotopic (exact) mass is 378 g/mol. The number of tetrazole rings is 1. The van der Waals surface area contributed by atoms with Crippen LogP contribution in [0.15, 0.2) is 54.6 Å². The van der Waals surface area contributed by atoms with Gasteiger partial charge in [-0.1, -0.05) is 68.4 Å². The van der Waals surface area contributed by atoms with Crippen molar-refractivity contribution in [1.82, 2.24) is 20.2 Å². The van der Waals surface area contributed by atoms with E-state index in [1.54, 1.807) is 13.8 Å². The summed E-state index contributed by atoms with van der Waals surface area (Å²) >= 11 is 0. The van der Waals surface area contributed by atoms with Crippen molar-refractivity contribution in [3.05, 3.63) is 65.7 Å². The summed E-state index contributed by atoms with van der Waals surface area (Å²) in [5.41, 5.74) is 2.03. The van der Waals surface area contributed by atoms with Crippen LogP contribution in [0, 0.1) is 11.3 Å². The third kappa shape index (κ3) is 3.96. The molecule has 0 aliphatic heterocycles. The molecule has 3 rings (SSSR count). The van der Waals surface area contributed by atoms with E-state index in [1.165, 1.54) is 0 Å². The van der Waals surface area contributed by atoms with E-state index in [2.05, 4.69) is 41.5 Å². The first-order valence-corrected chi connectivity index (χ1v) is 9.45. The fourth-order valence-electron chi connectivity index (χ4n) is 3.46. The highest BCUT2D eigenvalue weighted by atomic mass is 16.4. The molecule has 1 atom stereocenters. The molecular formula is C22H26N4O2. The molecule has 6 heteroatoms. The van der Waals surface area contributed by atoms with E-state index in [0.717, 1.165) is 16.7 Å². The Kier molecular flexibility index (Phi) is 5.58. The van der Waals surface area contributed by atoms with E-state index in [1.807, 2.05) is 47.1 Å². The van der Waals surface area contributed by atoms with Crippen LogP contribution in [0.4, 0.5) is 0 Å². The minimum Gasteiger partial charge on any atom is -0.481 e. The van der Waals surface area contributed by atoms with Crippen molar-refractivity contribution in [1.29, 1.82) is 0 Å². The van der Waals surface area contributed by atoms with Crippen molar-refractivity contribution in [2.24, 2.45) is 11.3 Å². The molecule has 0 saturated heterocycles. The zero-order valence-corrected chi connectivity index (χ0v) is 16.7. The van der Waals surface area contributed by atoms with Crippen molar-refractivity contribution < 1.29 is 9.90 Å². The number of nitrogens with zero attached hydrogens (tertiary/aromatic N) is 4. The third-order valence-corrected chi connectivity index (χ3v) is 5.00. The summed E-state index contributed by atoms with van der Waals surface area (Å²) in [6.07, 6.45) is 0.392. The highest BCUT2D eigenvalue weighted by Crippen LogP contribution is 2.33. The number of aromatic nitrogens is 4. The van der Waals surface area contributed by atoms with Crippen molar-refractivity contribution in [3.8, 4) is 11.4 Å². The van der Waals surface area contributed by atoms with E-state index in [9.17, 15) is 9.90 Å². The second-order valence-corrected chi connectivity index (χ2v) is 8.07. The third-order valence-electron chi connectivity index (χ3n) is 5.00. The molecule has 0 aliphatic rings. The van der Waals surface area contributed by atoms with E-state index < -0.39 is 11.4 Å². The number of carboxylic acid groups (broad SMARTS) is 1. The Bertz CT molecular complexity index is 948. The minimum absolute atomic E-state index is 0.0215. The second-order valence-electron chi connectivity index (χ2n) is 8.07. The summed E-state index contributed by atoms with van der Waals surface area (Å²) in [7, 11) is 0. The average molecular weight is 378 g/mol. The molecule has 1 unspecified atom stereocenters. The summed E-state index contributed by atoms with van der Waals surface area (Å²) < 4.78 is 1.85. The maximum atomic E-state index is 11.6. The Morgan fingerprint density at radius 3 is 2.36 bits per heavy atom. The van der Waals surface area contributed by atoms with E-state index >= 15 is 0 Å². The number of hydrogen-bond donors (Lipinski definition) is 1. The fourth-order valence-corrected chi connectivity index (χ4v) is 3.46. The molecule has 0 aliphatic carbocycles. The molecule has 1 heterocycles. The predicted molar refractivity (Wildman–Crippen MR) is 108 cm³/mol. The summed E-state index contributed by atoms with van der Waals surface area (Å²) in [6.45, 7) is 7.75. The standard InChI is InChI=1S/C22H26N4O2/c1-15(2)19(16-10-6-5-7-11-16)26-20(23-24-25-26)18-13-9-8-12-17(18)14-22(3,4)21(27)28/h5-13,15,19H,14H2,1-4H3,(H,27,28). The highest BCUT2D eigenvalue weighted by Gasteiger charge is 2.30. The molecule has 2 aromatic carbocycles. The second kappa shape index (κ2) is 7.92. The van der Waals surface area contributed by atoms with E-state index in [0.29, 0.717) is 12.2 Å². The predicted octanol–water partition coefficient (Wildman–Crippen LogP) is 4.24. The van der Waals surface area contributed by atoms with Gasteiger partial charge in [-0.2, -0.15) is 0 Å². The van der Waals surface area contributed by atoms with Crippen LogP contribution in [-0.4, -0.2) is 31.3 Å². The van der Waals surface area contributed by atoms with Crippen LogP contribution in [0.2, 0.25) is 0 Å². The lowest BCUT2D eigenvalue weighted by molar-refractivity contribution is -0.146. The fraction of sp³-hybridized carbons (Fsp3) is 0.364. The lowest BCUT2D eigenvalue weighted by Crippen LogP contribution is -2.26. The van der Waals surface area contributed by atoms with Crippen LogP contribution >= 0.6 is 0 Å². The Morgan fingerprint density at radius 2 is 1.71 bits per heavy atom. The summed E-state index contributed by atoms with van der Waals surface area (Å²) in [5.74, 6) is 0.0952. The van der Waals surface area contributed by atoms with E-state index in [-0.39, 0.29) is 12.0 Å². The zero-order valence-electron chi connectivity index (χ0n) is 16.7. The zero-order chi connectivity index (χ0) is 20.3. The van der Waals surface area contributed by atoms with Gasteiger partial charge in [0.1, 0.15) is 0 Å². The van der Waals surface area contributed by atoms with Gasteiger partial charge in [0, 0.05) is 5.56 Å². The maximum absolute atomic E-state index is 11.6. The molecule has 146 valence electrons. The van der Waals surface area contributed by atoms with Gasteiger partial charge in [-0.05, 0) is 47.7 Å². The SMILES string of the molecule is CC(C)C(c1ccccc1)n1nnnc1-c1ccccc1CC(C)(C)C(=O)O. The van der Waals surface area contributed by atoms with Crippen molar-refractivity contribution in [2.45, 2.75) is 40.2 Å². The Morgan fingerprint density at radius 1 is 1.07 bits per heavy atom. The first-order valence-electron chi connectivity index (χ1n) is 9.45. The lowest BCUT2D eigenvalue weighted by atomic mass is 9.84. The van der Waals surface area contributed by atoms with Gasteiger partial charge in [0.2, 0.25) is 0 Å². The van der Waals surface area contributed by atoms with Crippen LogP contribution in [-0.2, 0) is 11.2 Å². The number of carboxylic acids is 1. The number of aliphatic carboxylic acids is 1. The average Bonchev–Trinajstić information content (AvgIpc) is 3.11. The molecule has 1 N–H and O–H groups in total. The minimum atomic E-state index is -0.884. The van der Waals surface area contributed by atoms with Gasteiger partial charge >= 0.3 is 5.97 Å². The molecular weight excluding hydrogens is 352 g/mol. The number of rotatable bonds is 7. The van der Waals surface area contributed by atoms with Gasteiger partial charge < -0.3 is 5.11 Å². The number of carbonyl (C=O) groups is 1. The van der Waals surface area contributed by atoms with Gasteiger partial charge in [0.15, 0.2) is 5.82 Å². The van der Waals surface area contributed by atoms with Crippen LogP contribution in [0.1, 0.15) is 44.9 Å². The summed E-state index contributed by atoms with van der Waals surface area (Å²) in [5, 5.41) is 22.1. The maximum Gasteiger partial charge on any atom is 0.309 e. The number of hydrogen-bond acceptors (Lipinski definition) is 4.